The van der Waals surface area contributed by atoms with Crippen LogP contribution in [0.5, 0.6) is 0 Å². The molecule has 1 aliphatic carbocycles. The van der Waals surface area contributed by atoms with Gasteiger partial charge in [-0.1, -0.05) is 12.8 Å². The van der Waals surface area contributed by atoms with Crippen LogP contribution in [0.25, 0.3) is 0 Å². The van der Waals surface area contributed by atoms with Crippen molar-refractivity contribution in [2.45, 2.75) is 45.6 Å². The van der Waals surface area contributed by atoms with Gasteiger partial charge >= 0.3 is 5.97 Å². The van der Waals surface area contributed by atoms with Gasteiger partial charge in [0.05, 0.1) is 11.5 Å². The first kappa shape index (κ1) is 14.3. The SMILES string of the molecule is Cc1cc(C)c(C#N)c(NC2CCCCC2C(=O)O)n1. The fourth-order valence-electron chi connectivity index (χ4n) is 2.86. The number of aliphatic carboxylic acids is 1. The van der Waals surface area contributed by atoms with Crippen LogP contribution in [0.3, 0.4) is 0 Å². The zero-order valence-electron chi connectivity index (χ0n) is 11.8. The molecule has 5 nitrogen and oxygen atoms in total. The summed E-state index contributed by atoms with van der Waals surface area (Å²) in [7, 11) is 0. The molecule has 1 aromatic rings. The molecule has 5 heteroatoms. The number of aromatic nitrogens is 1. The maximum atomic E-state index is 11.3. The second-order valence-electron chi connectivity index (χ2n) is 5.40. The Morgan fingerprint density at radius 3 is 2.80 bits per heavy atom. The van der Waals surface area contributed by atoms with E-state index in [1.54, 1.807) is 0 Å². The highest BCUT2D eigenvalue weighted by molar-refractivity contribution is 5.72. The molecule has 0 aliphatic heterocycles. The van der Waals surface area contributed by atoms with Gasteiger partial charge in [0.15, 0.2) is 0 Å². The summed E-state index contributed by atoms with van der Waals surface area (Å²) >= 11 is 0. The fourth-order valence-corrected chi connectivity index (χ4v) is 2.86. The minimum absolute atomic E-state index is 0.151. The minimum atomic E-state index is -0.773. The van der Waals surface area contributed by atoms with Crippen LogP contribution in [0, 0.1) is 31.1 Å². The van der Waals surface area contributed by atoms with Crippen molar-refractivity contribution in [2.24, 2.45) is 5.92 Å². The van der Waals surface area contributed by atoms with E-state index in [1.807, 2.05) is 19.9 Å². The van der Waals surface area contributed by atoms with Crippen LogP contribution < -0.4 is 5.32 Å². The maximum absolute atomic E-state index is 11.3. The van der Waals surface area contributed by atoms with Crippen molar-refractivity contribution in [3.63, 3.8) is 0 Å². The lowest BCUT2D eigenvalue weighted by molar-refractivity contribution is -0.143. The van der Waals surface area contributed by atoms with Crippen LogP contribution in [0.1, 0.15) is 42.5 Å². The first-order valence-corrected chi connectivity index (χ1v) is 6.90. The molecule has 1 aromatic heterocycles. The Balaban J connectivity index is 2.29. The number of rotatable bonds is 3. The summed E-state index contributed by atoms with van der Waals surface area (Å²) in [5.74, 6) is -0.661. The van der Waals surface area contributed by atoms with Crippen LogP contribution >= 0.6 is 0 Å². The first-order valence-electron chi connectivity index (χ1n) is 6.90. The Morgan fingerprint density at radius 2 is 2.15 bits per heavy atom. The van der Waals surface area contributed by atoms with Crippen molar-refractivity contribution in [1.29, 1.82) is 5.26 Å². The number of nitrogens with one attached hydrogen (secondary N) is 1. The number of nitrogens with zero attached hydrogens (tertiary/aromatic N) is 2. The van der Waals surface area contributed by atoms with Crippen molar-refractivity contribution >= 4 is 11.8 Å². The molecular formula is C15H19N3O2. The van der Waals surface area contributed by atoms with Crippen molar-refractivity contribution in [3.05, 3.63) is 22.9 Å². The molecule has 2 unspecified atom stereocenters. The number of anilines is 1. The van der Waals surface area contributed by atoms with Crippen LogP contribution in [0.4, 0.5) is 5.82 Å². The lowest BCUT2D eigenvalue weighted by Crippen LogP contribution is -2.37. The predicted octanol–water partition coefficient (Wildman–Crippen LogP) is 2.63. The van der Waals surface area contributed by atoms with Gasteiger partial charge in [-0.05, 0) is 38.3 Å². The highest BCUT2D eigenvalue weighted by atomic mass is 16.4. The molecular weight excluding hydrogens is 254 g/mol. The van der Waals surface area contributed by atoms with Gasteiger partial charge in [-0.3, -0.25) is 4.79 Å². The van der Waals surface area contributed by atoms with E-state index >= 15 is 0 Å². The number of carboxylic acid groups (broad SMARTS) is 1. The third kappa shape index (κ3) is 2.90. The van der Waals surface area contributed by atoms with Crippen LogP contribution in [0.15, 0.2) is 6.07 Å². The fraction of sp³-hybridized carbons (Fsp3) is 0.533. The van der Waals surface area contributed by atoms with Gasteiger partial charge in [0.2, 0.25) is 0 Å². The van der Waals surface area contributed by atoms with Gasteiger partial charge in [0.1, 0.15) is 11.9 Å². The quantitative estimate of drug-likeness (QED) is 0.884. The predicted molar refractivity (Wildman–Crippen MR) is 75.4 cm³/mol. The highest BCUT2D eigenvalue weighted by Gasteiger charge is 2.31. The maximum Gasteiger partial charge on any atom is 0.308 e. The van der Waals surface area contributed by atoms with Gasteiger partial charge in [-0.25, -0.2) is 4.98 Å². The molecule has 2 atom stereocenters. The summed E-state index contributed by atoms with van der Waals surface area (Å²) in [5.41, 5.74) is 2.20. The van der Waals surface area contributed by atoms with Crippen LogP contribution in [0.2, 0.25) is 0 Å². The molecule has 2 rings (SSSR count). The van der Waals surface area contributed by atoms with Crippen molar-refractivity contribution in [2.75, 3.05) is 5.32 Å². The minimum Gasteiger partial charge on any atom is -0.481 e. The van der Waals surface area contributed by atoms with Gasteiger partial charge < -0.3 is 10.4 Å². The molecule has 0 bridgehead atoms. The molecule has 20 heavy (non-hydrogen) atoms. The topological polar surface area (TPSA) is 86.0 Å². The largest absolute Gasteiger partial charge is 0.481 e. The molecule has 0 amide bonds. The number of nitriles is 1. The lowest BCUT2D eigenvalue weighted by Gasteiger charge is -2.30. The van der Waals surface area contributed by atoms with Crippen molar-refractivity contribution < 1.29 is 9.90 Å². The molecule has 0 aromatic carbocycles. The van der Waals surface area contributed by atoms with Gasteiger partial charge in [-0.15, -0.1) is 0 Å². The molecule has 1 saturated carbocycles. The summed E-state index contributed by atoms with van der Waals surface area (Å²) in [5, 5.41) is 21.7. The summed E-state index contributed by atoms with van der Waals surface area (Å²) in [4.78, 5) is 15.7. The third-order valence-electron chi connectivity index (χ3n) is 3.86. The number of carbonyl (C=O) groups is 1. The Labute approximate surface area is 118 Å². The van der Waals surface area contributed by atoms with Crippen LogP contribution in [-0.2, 0) is 4.79 Å². The number of carboxylic acids is 1. The zero-order chi connectivity index (χ0) is 14.7. The van der Waals surface area contributed by atoms with Gasteiger partial charge in [0, 0.05) is 11.7 Å². The number of pyridine rings is 1. The van der Waals surface area contributed by atoms with Gasteiger partial charge in [-0.2, -0.15) is 5.26 Å². The van der Waals surface area contributed by atoms with Crippen molar-refractivity contribution in [3.8, 4) is 6.07 Å². The highest BCUT2D eigenvalue weighted by Crippen LogP contribution is 2.28. The summed E-state index contributed by atoms with van der Waals surface area (Å²) in [6.45, 7) is 3.74. The average Bonchev–Trinajstić information content (AvgIpc) is 2.38. The zero-order valence-corrected chi connectivity index (χ0v) is 11.8. The monoisotopic (exact) mass is 273 g/mol. The Bertz CT molecular complexity index is 563. The second kappa shape index (κ2) is 5.91. The van der Waals surface area contributed by atoms with E-state index in [0.29, 0.717) is 17.8 Å². The summed E-state index contributed by atoms with van der Waals surface area (Å²) < 4.78 is 0. The molecule has 106 valence electrons. The van der Waals surface area contributed by atoms with E-state index in [4.69, 9.17) is 0 Å². The molecule has 2 N–H and O–H groups in total. The Hall–Kier alpha value is -2.09. The normalized spacial score (nSPS) is 22.1. The smallest absolute Gasteiger partial charge is 0.308 e. The molecule has 1 aliphatic rings. The lowest BCUT2D eigenvalue weighted by atomic mass is 9.84. The second-order valence-corrected chi connectivity index (χ2v) is 5.40. The van der Waals surface area contributed by atoms with E-state index in [0.717, 1.165) is 30.5 Å². The number of aryl methyl sites for hydroxylation is 2. The average molecular weight is 273 g/mol. The Morgan fingerprint density at radius 1 is 1.45 bits per heavy atom. The molecule has 1 heterocycles. The van der Waals surface area contributed by atoms with E-state index in [-0.39, 0.29) is 6.04 Å². The van der Waals surface area contributed by atoms with E-state index in [2.05, 4.69) is 16.4 Å². The molecule has 1 fully saturated rings. The first-order chi connectivity index (χ1) is 9.52. The standard InChI is InChI=1S/C15H19N3O2/c1-9-7-10(2)17-14(12(9)8-16)18-13-6-4-3-5-11(13)15(19)20/h7,11,13H,3-6H2,1-2H3,(H,17,18)(H,19,20). The number of hydrogen-bond acceptors (Lipinski definition) is 4. The number of hydrogen-bond donors (Lipinski definition) is 2. The third-order valence-corrected chi connectivity index (χ3v) is 3.86. The van der Waals surface area contributed by atoms with Crippen molar-refractivity contribution in [1.82, 2.24) is 4.98 Å². The molecule has 0 spiro atoms. The summed E-state index contributed by atoms with van der Waals surface area (Å²) in [6, 6.07) is 3.86. The van der Waals surface area contributed by atoms with E-state index < -0.39 is 11.9 Å². The molecule has 0 saturated heterocycles. The Kier molecular flexibility index (Phi) is 4.23. The van der Waals surface area contributed by atoms with Gasteiger partial charge in [0.25, 0.3) is 0 Å². The van der Waals surface area contributed by atoms with E-state index in [1.165, 1.54) is 0 Å². The van der Waals surface area contributed by atoms with Crippen LogP contribution in [-0.4, -0.2) is 22.1 Å². The summed E-state index contributed by atoms with van der Waals surface area (Å²) in [6.07, 6.45) is 3.44. The van der Waals surface area contributed by atoms with E-state index in [9.17, 15) is 15.2 Å². The molecule has 0 radical (unpaired) electrons.